The van der Waals surface area contributed by atoms with Gasteiger partial charge in [-0.15, -0.1) is 11.3 Å². The van der Waals surface area contributed by atoms with E-state index < -0.39 is 0 Å². The summed E-state index contributed by atoms with van der Waals surface area (Å²) in [7, 11) is 1.62. The molecule has 1 amide bonds. The Labute approximate surface area is 156 Å². The van der Waals surface area contributed by atoms with E-state index in [1.807, 2.05) is 30.3 Å². The molecule has 0 N–H and O–H groups in total. The SMILES string of the molecule is COCc1nc(C(=O)N2C(=NCc3ccccc3)SCC2(C)C)cs1. The summed E-state index contributed by atoms with van der Waals surface area (Å²) in [5.74, 6) is 0.724. The van der Waals surface area contributed by atoms with Gasteiger partial charge in [0.15, 0.2) is 5.17 Å². The highest BCUT2D eigenvalue weighted by atomic mass is 32.2. The number of nitrogens with zero attached hydrogens (tertiary/aromatic N) is 3. The molecule has 3 rings (SSSR count). The van der Waals surface area contributed by atoms with Crippen LogP contribution in [-0.2, 0) is 17.9 Å². The second-order valence-corrected chi connectivity index (χ2v) is 8.27. The van der Waals surface area contributed by atoms with Gasteiger partial charge >= 0.3 is 0 Å². The molecule has 5 nitrogen and oxygen atoms in total. The number of amidine groups is 1. The number of carbonyl (C=O) groups is 1. The molecular formula is C18H21N3O2S2. The van der Waals surface area contributed by atoms with Gasteiger partial charge in [-0.05, 0) is 19.4 Å². The largest absolute Gasteiger partial charge is 0.378 e. The minimum atomic E-state index is -0.289. The highest BCUT2D eigenvalue weighted by Crippen LogP contribution is 2.34. The van der Waals surface area contributed by atoms with Crippen molar-refractivity contribution in [2.24, 2.45) is 4.99 Å². The van der Waals surface area contributed by atoms with E-state index >= 15 is 0 Å². The Morgan fingerprint density at radius 3 is 2.84 bits per heavy atom. The van der Waals surface area contributed by atoms with Crippen LogP contribution >= 0.6 is 23.1 Å². The molecule has 0 saturated carbocycles. The van der Waals surface area contributed by atoms with Crippen molar-refractivity contribution >= 4 is 34.2 Å². The summed E-state index contributed by atoms with van der Waals surface area (Å²) in [6, 6.07) is 10.1. The molecule has 25 heavy (non-hydrogen) atoms. The summed E-state index contributed by atoms with van der Waals surface area (Å²) in [6.07, 6.45) is 0. The third-order valence-corrected chi connectivity index (χ3v) is 6.08. The van der Waals surface area contributed by atoms with Crippen LogP contribution in [0, 0.1) is 0 Å². The van der Waals surface area contributed by atoms with Gasteiger partial charge in [-0.25, -0.2) is 4.98 Å². The number of methoxy groups -OCH3 is 1. The summed E-state index contributed by atoms with van der Waals surface area (Å²) in [6.45, 7) is 5.11. The quantitative estimate of drug-likeness (QED) is 0.797. The van der Waals surface area contributed by atoms with Crippen molar-refractivity contribution in [1.29, 1.82) is 0 Å². The number of amides is 1. The molecule has 0 radical (unpaired) electrons. The first-order valence-electron chi connectivity index (χ1n) is 8.00. The molecule has 2 heterocycles. The molecule has 1 aromatic heterocycles. The third kappa shape index (κ3) is 4.11. The first kappa shape index (κ1) is 18.1. The maximum absolute atomic E-state index is 13.0. The highest BCUT2D eigenvalue weighted by Gasteiger charge is 2.42. The topological polar surface area (TPSA) is 54.8 Å². The Morgan fingerprint density at radius 2 is 2.12 bits per heavy atom. The van der Waals surface area contributed by atoms with Crippen LogP contribution in [0.4, 0.5) is 0 Å². The monoisotopic (exact) mass is 375 g/mol. The molecule has 2 aromatic rings. The number of benzene rings is 1. The fourth-order valence-corrected chi connectivity index (χ4v) is 4.53. The number of thiazole rings is 1. The van der Waals surface area contributed by atoms with Crippen molar-refractivity contribution in [2.75, 3.05) is 12.9 Å². The molecule has 1 aliphatic heterocycles. The van der Waals surface area contributed by atoms with Crippen LogP contribution in [0.2, 0.25) is 0 Å². The number of aliphatic imine (C=N–C) groups is 1. The number of thioether (sulfide) groups is 1. The lowest BCUT2D eigenvalue weighted by Gasteiger charge is -2.29. The molecule has 0 unspecified atom stereocenters. The van der Waals surface area contributed by atoms with Crippen molar-refractivity contribution in [3.05, 3.63) is 52.0 Å². The van der Waals surface area contributed by atoms with Crippen LogP contribution in [0.5, 0.6) is 0 Å². The standard InChI is InChI=1S/C18H21N3O2S2/c1-18(2)12-25-17(19-9-13-7-5-4-6-8-13)21(18)16(22)14-11-24-15(20-14)10-23-3/h4-8,11H,9-10,12H2,1-3H3. The lowest BCUT2D eigenvalue weighted by Crippen LogP contribution is -2.46. The number of aromatic nitrogens is 1. The number of carbonyl (C=O) groups excluding carboxylic acids is 1. The second-order valence-electron chi connectivity index (χ2n) is 6.39. The fraction of sp³-hybridized carbons (Fsp3) is 0.389. The zero-order valence-electron chi connectivity index (χ0n) is 14.6. The van der Waals surface area contributed by atoms with Crippen LogP contribution in [-0.4, -0.2) is 39.4 Å². The van der Waals surface area contributed by atoms with Gasteiger partial charge in [0.05, 0.1) is 18.7 Å². The third-order valence-electron chi connectivity index (χ3n) is 3.83. The summed E-state index contributed by atoms with van der Waals surface area (Å²) < 4.78 is 5.09. The van der Waals surface area contributed by atoms with E-state index in [2.05, 4.69) is 18.8 Å². The molecule has 1 fully saturated rings. The lowest BCUT2D eigenvalue weighted by molar-refractivity contribution is 0.0761. The molecule has 7 heteroatoms. The maximum Gasteiger partial charge on any atom is 0.279 e. The Kier molecular flexibility index (Phi) is 5.56. The van der Waals surface area contributed by atoms with Gasteiger partial charge in [0.2, 0.25) is 0 Å². The molecule has 1 aliphatic rings. The smallest absolute Gasteiger partial charge is 0.279 e. The molecular weight excluding hydrogens is 354 g/mol. The van der Waals surface area contributed by atoms with Crippen LogP contribution in [0.3, 0.4) is 0 Å². The summed E-state index contributed by atoms with van der Waals surface area (Å²) in [5, 5.41) is 3.36. The highest BCUT2D eigenvalue weighted by molar-refractivity contribution is 8.14. The average molecular weight is 376 g/mol. The maximum atomic E-state index is 13.0. The molecule has 0 aliphatic carbocycles. The predicted octanol–water partition coefficient (Wildman–Crippen LogP) is 3.81. The zero-order chi connectivity index (χ0) is 17.9. The van der Waals surface area contributed by atoms with Crippen LogP contribution in [0.25, 0.3) is 0 Å². The first-order chi connectivity index (χ1) is 12.0. The number of hydrogen-bond acceptors (Lipinski definition) is 6. The fourth-order valence-electron chi connectivity index (χ4n) is 2.56. The Morgan fingerprint density at radius 1 is 1.36 bits per heavy atom. The van der Waals surface area contributed by atoms with Crippen LogP contribution in [0.1, 0.15) is 34.9 Å². The molecule has 1 saturated heterocycles. The molecule has 1 aromatic carbocycles. The predicted molar refractivity (Wildman–Crippen MR) is 103 cm³/mol. The van der Waals surface area contributed by atoms with Crippen LogP contribution in [0.15, 0.2) is 40.7 Å². The van der Waals surface area contributed by atoms with E-state index in [4.69, 9.17) is 9.73 Å². The molecule has 0 spiro atoms. The van der Waals surface area contributed by atoms with Crippen molar-refractivity contribution in [3.8, 4) is 0 Å². The Hall–Kier alpha value is -1.70. The molecule has 0 bridgehead atoms. The van der Waals surface area contributed by atoms with Crippen molar-refractivity contribution in [1.82, 2.24) is 9.88 Å². The first-order valence-corrected chi connectivity index (χ1v) is 9.87. The Bertz CT molecular complexity index is 772. The second kappa shape index (κ2) is 7.68. The van der Waals surface area contributed by atoms with Crippen LogP contribution < -0.4 is 0 Å². The summed E-state index contributed by atoms with van der Waals surface area (Å²) in [5.41, 5.74) is 1.30. The van der Waals surface area contributed by atoms with E-state index in [9.17, 15) is 4.79 Å². The van der Waals surface area contributed by atoms with Crippen molar-refractivity contribution in [2.45, 2.75) is 32.5 Å². The van der Waals surface area contributed by atoms with E-state index in [-0.39, 0.29) is 11.4 Å². The van der Waals surface area contributed by atoms with Gasteiger partial charge in [-0.3, -0.25) is 14.7 Å². The van der Waals surface area contributed by atoms with Gasteiger partial charge in [0.25, 0.3) is 5.91 Å². The normalized spacial score (nSPS) is 18.0. The van der Waals surface area contributed by atoms with Gasteiger partial charge in [-0.1, -0.05) is 42.1 Å². The Balaban J connectivity index is 1.82. The summed E-state index contributed by atoms with van der Waals surface area (Å²) in [4.78, 5) is 23.9. The van der Waals surface area contributed by atoms with E-state index in [0.717, 1.165) is 21.5 Å². The molecule has 132 valence electrons. The van der Waals surface area contributed by atoms with E-state index in [0.29, 0.717) is 18.8 Å². The zero-order valence-corrected chi connectivity index (χ0v) is 16.2. The van der Waals surface area contributed by atoms with Gasteiger partial charge in [0, 0.05) is 18.2 Å². The van der Waals surface area contributed by atoms with E-state index in [1.54, 1.807) is 29.2 Å². The summed E-state index contributed by atoms with van der Waals surface area (Å²) >= 11 is 3.07. The van der Waals surface area contributed by atoms with Crippen molar-refractivity contribution in [3.63, 3.8) is 0 Å². The minimum absolute atomic E-state index is 0.0968. The minimum Gasteiger partial charge on any atom is -0.378 e. The number of rotatable bonds is 5. The number of ether oxygens (including phenoxy) is 1. The number of hydrogen-bond donors (Lipinski definition) is 0. The van der Waals surface area contributed by atoms with Gasteiger partial charge in [0.1, 0.15) is 10.7 Å². The van der Waals surface area contributed by atoms with Gasteiger partial charge in [-0.2, -0.15) is 0 Å². The van der Waals surface area contributed by atoms with E-state index in [1.165, 1.54) is 11.3 Å². The average Bonchev–Trinajstić information content (AvgIpc) is 3.18. The van der Waals surface area contributed by atoms with Gasteiger partial charge < -0.3 is 4.74 Å². The van der Waals surface area contributed by atoms with Crippen molar-refractivity contribution < 1.29 is 9.53 Å². The lowest BCUT2D eigenvalue weighted by atomic mass is 10.1. The molecule has 0 atom stereocenters.